The van der Waals surface area contributed by atoms with Crippen LogP contribution in [0.2, 0.25) is 0 Å². The minimum absolute atomic E-state index is 0.0166. The molecule has 1 N–H and O–H groups in total. The Hall–Kier alpha value is -2.99. The van der Waals surface area contributed by atoms with Gasteiger partial charge in [-0.2, -0.15) is 0 Å². The summed E-state index contributed by atoms with van der Waals surface area (Å²) in [7, 11) is 0. The summed E-state index contributed by atoms with van der Waals surface area (Å²) in [5, 5.41) is 2.93. The summed E-state index contributed by atoms with van der Waals surface area (Å²) in [5.74, 6) is -0.971. The zero-order chi connectivity index (χ0) is 19.7. The topological polar surface area (TPSA) is 75.7 Å². The second kappa shape index (κ2) is 7.56. The molecule has 28 heavy (non-hydrogen) atoms. The number of ether oxygens (including phenoxy) is 1. The second-order valence-electron chi connectivity index (χ2n) is 7.26. The van der Waals surface area contributed by atoms with Gasteiger partial charge in [0.25, 0.3) is 17.7 Å². The summed E-state index contributed by atoms with van der Waals surface area (Å²) in [6.07, 6.45) is 1.94. The van der Waals surface area contributed by atoms with Gasteiger partial charge in [-0.15, -0.1) is 0 Å². The molecule has 0 saturated carbocycles. The van der Waals surface area contributed by atoms with E-state index >= 15 is 0 Å². The Morgan fingerprint density at radius 3 is 2.61 bits per heavy atom. The van der Waals surface area contributed by atoms with Crippen LogP contribution in [0.15, 0.2) is 48.5 Å². The van der Waals surface area contributed by atoms with E-state index < -0.39 is 0 Å². The fourth-order valence-electron chi connectivity index (χ4n) is 3.72. The van der Waals surface area contributed by atoms with E-state index in [-0.39, 0.29) is 42.0 Å². The van der Waals surface area contributed by atoms with E-state index in [2.05, 4.69) is 5.32 Å². The first-order valence-electron chi connectivity index (χ1n) is 9.51. The van der Waals surface area contributed by atoms with E-state index in [0.717, 1.165) is 25.0 Å². The average molecular weight is 378 g/mol. The Morgan fingerprint density at radius 2 is 1.89 bits per heavy atom. The fourth-order valence-corrected chi connectivity index (χ4v) is 3.72. The molecule has 144 valence electrons. The molecule has 1 fully saturated rings. The van der Waals surface area contributed by atoms with Gasteiger partial charge in [0, 0.05) is 12.2 Å². The van der Waals surface area contributed by atoms with Gasteiger partial charge in [-0.3, -0.25) is 19.3 Å². The van der Waals surface area contributed by atoms with Gasteiger partial charge in [-0.1, -0.05) is 30.3 Å². The molecule has 2 unspecified atom stereocenters. The zero-order valence-corrected chi connectivity index (χ0v) is 15.7. The fraction of sp³-hybridized carbons (Fsp3) is 0.318. The van der Waals surface area contributed by atoms with Gasteiger partial charge < -0.3 is 10.1 Å². The summed E-state index contributed by atoms with van der Waals surface area (Å²) in [6.45, 7) is 2.85. The highest BCUT2D eigenvalue weighted by atomic mass is 16.5. The van der Waals surface area contributed by atoms with Crippen LogP contribution in [-0.2, 0) is 11.3 Å². The number of imide groups is 1. The van der Waals surface area contributed by atoms with Crippen LogP contribution in [0.4, 0.5) is 0 Å². The lowest BCUT2D eigenvalue weighted by molar-refractivity contribution is 0.0642. The molecule has 0 aromatic heterocycles. The SMILES string of the molecule is CC(NC(=O)c1ccc2c(c1)C(=O)N(Cc1ccccc1)C2=O)C1CCCO1. The maximum absolute atomic E-state index is 12.8. The normalized spacial score (nSPS) is 19.6. The first-order chi connectivity index (χ1) is 13.5. The second-order valence-corrected chi connectivity index (χ2v) is 7.26. The number of carbonyl (C=O) groups is 3. The molecule has 1 saturated heterocycles. The van der Waals surface area contributed by atoms with Gasteiger partial charge in [0.05, 0.1) is 29.8 Å². The monoisotopic (exact) mass is 378 g/mol. The number of hydrogen-bond donors (Lipinski definition) is 1. The van der Waals surface area contributed by atoms with Crippen molar-refractivity contribution in [1.82, 2.24) is 10.2 Å². The maximum Gasteiger partial charge on any atom is 0.261 e. The van der Waals surface area contributed by atoms with Gasteiger partial charge in [-0.25, -0.2) is 0 Å². The van der Waals surface area contributed by atoms with Crippen molar-refractivity contribution in [2.24, 2.45) is 0 Å². The van der Waals surface area contributed by atoms with Gasteiger partial charge >= 0.3 is 0 Å². The lowest BCUT2D eigenvalue weighted by atomic mass is 10.0. The Bertz CT molecular complexity index is 919. The molecular formula is C22H22N2O4. The number of nitrogens with zero attached hydrogens (tertiary/aromatic N) is 1. The van der Waals surface area contributed by atoms with Crippen molar-refractivity contribution >= 4 is 17.7 Å². The van der Waals surface area contributed by atoms with Crippen LogP contribution >= 0.6 is 0 Å². The van der Waals surface area contributed by atoms with Crippen LogP contribution in [0.3, 0.4) is 0 Å². The van der Waals surface area contributed by atoms with Crippen LogP contribution in [0.5, 0.6) is 0 Å². The molecule has 2 aliphatic heterocycles. The first kappa shape index (κ1) is 18.4. The number of fused-ring (bicyclic) bond motifs is 1. The van der Waals surface area contributed by atoms with Crippen LogP contribution in [0.1, 0.15) is 56.4 Å². The number of rotatable bonds is 5. The van der Waals surface area contributed by atoms with Crippen molar-refractivity contribution in [3.8, 4) is 0 Å². The van der Waals surface area contributed by atoms with Crippen molar-refractivity contribution in [2.45, 2.75) is 38.5 Å². The van der Waals surface area contributed by atoms with E-state index in [0.29, 0.717) is 11.1 Å². The Kier molecular flexibility index (Phi) is 4.96. The van der Waals surface area contributed by atoms with Crippen molar-refractivity contribution in [1.29, 1.82) is 0 Å². The molecule has 0 aliphatic carbocycles. The number of nitrogens with one attached hydrogen (secondary N) is 1. The zero-order valence-electron chi connectivity index (χ0n) is 15.7. The third kappa shape index (κ3) is 3.43. The summed E-state index contributed by atoms with van der Waals surface area (Å²) >= 11 is 0. The maximum atomic E-state index is 12.8. The predicted octanol–water partition coefficient (Wildman–Crippen LogP) is 2.78. The van der Waals surface area contributed by atoms with Crippen molar-refractivity contribution < 1.29 is 19.1 Å². The molecule has 6 heteroatoms. The highest BCUT2D eigenvalue weighted by Crippen LogP contribution is 2.26. The molecule has 0 spiro atoms. The molecule has 6 nitrogen and oxygen atoms in total. The number of hydrogen-bond acceptors (Lipinski definition) is 4. The number of benzene rings is 2. The molecule has 2 atom stereocenters. The summed E-state index contributed by atoms with van der Waals surface area (Å²) in [6, 6.07) is 13.9. The van der Waals surface area contributed by atoms with Gasteiger partial charge in [0.1, 0.15) is 0 Å². The Morgan fingerprint density at radius 1 is 1.14 bits per heavy atom. The van der Waals surface area contributed by atoms with Crippen molar-refractivity contribution in [3.63, 3.8) is 0 Å². The predicted molar refractivity (Wildman–Crippen MR) is 103 cm³/mol. The Labute approximate surface area is 163 Å². The van der Waals surface area contributed by atoms with Crippen molar-refractivity contribution in [2.75, 3.05) is 6.61 Å². The number of amides is 3. The lowest BCUT2D eigenvalue weighted by Crippen LogP contribution is -2.40. The minimum atomic E-state index is -0.370. The van der Waals surface area contributed by atoms with Gasteiger partial charge in [0.2, 0.25) is 0 Å². The molecule has 2 aliphatic rings. The van der Waals surface area contributed by atoms with Crippen LogP contribution in [0, 0.1) is 0 Å². The van der Waals surface area contributed by atoms with E-state index in [1.54, 1.807) is 12.1 Å². The molecule has 0 bridgehead atoms. The molecule has 2 aromatic rings. The molecule has 3 amide bonds. The largest absolute Gasteiger partial charge is 0.376 e. The highest BCUT2D eigenvalue weighted by molar-refractivity contribution is 6.22. The molecule has 2 heterocycles. The third-order valence-corrected chi connectivity index (χ3v) is 5.30. The quantitative estimate of drug-likeness (QED) is 0.812. The highest BCUT2D eigenvalue weighted by Gasteiger charge is 2.36. The lowest BCUT2D eigenvalue weighted by Gasteiger charge is -2.20. The summed E-state index contributed by atoms with van der Waals surface area (Å²) in [5.41, 5.74) is 1.86. The molecular weight excluding hydrogens is 356 g/mol. The summed E-state index contributed by atoms with van der Waals surface area (Å²) < 4.78 is 5.61. The smallest absolute Gasteiger partial charge is 0.261 e. The average Bonchev–Trinajstić information content (AvgIpc) is 3.33. The van der Waals surface area contributed by atoms with Gasteiger partial charge in [0.15, 0.2) is 0 Å². The van der Waals surface area contributed by atoms with Crippen LogP contribution in [0.25, 0.3) is 0 Å². The third-order valence-electron chi connectivity index (χ3n) is 5.30. The molecule has 2 aromatic carbocycles. The van der Waals surface area contributed by atoms with Gasteiger partial charge in [-0.05, 0) is 43.5 Å². The van der Waals surface area contributed by atoms with Crippen LogP contribution in [-0.4, -0.2) is 41.4 Å². The van der Waals surface area contributed by atoms with E-state index in [1.165, 1.54) is 11.0 Å². The summed E-state index contributed by atoms with van der Waals surface area (Å²) in [4.78, 5) is 39.2. The van der Waals surface area contributed by atoms with Crippen molar-refractivity contribution in [3.05, 3.63) is 70.8 Å². The molecule has 0 radical (unpaired) electrons. The molecule has 4 rings (SSSR count). The van der Waals surface area contributed by atoms with Crippen LogP contribution < -0.4 is 5.32 Å². The Balaban J connectivity index is 1.51. The van der Waals surface area contributed by atoms with E-state index in [1.807, 2.05) is 37.3 Å². The number of carbonyl (C=O) groups excluding carboxylic acids is 3. The first-order valence-corrected chi connectivity index (χ1v) is 9.51. The minimum Gasteiger partial charge on any atom is -0.376 e. The van der Waals surface area contributed by atoms with E-state index in [4.69, 9.17) is 4.74 Å². The standard InChI is InChI=1S/C22H22N2O4/c1-14(19-8-5-11-28-19)23-20(25)16-9-10-17-18(12-16)22(27)24(21(17)26)13-15-6-3-2-4-7-15/h2-4,6-7,9-10,12,14,19H,5,8,11,13H2,1H3,(H,23,25). The van der Waals surface area contributed by atoms with E-state index in [9.17, 15) is 14.4 Å².